The van der Waals surface area contributed by atoms with Crippen molar-refractivity contribution >= 4 is 11.3 Å². The molecule has 1 aromatic heterocycles. The van der Waals surface area contributed by atoms with Crippen molar-refractivity contribution in [3.05, 3.63) is 16.1 Å². The zero-order valence-corrected chi connectivity index (χ0v) is 9.63. The van der Waals surface area contributed by atoms with Crippen LogP contribution in [-0.4, -0.2) is 37.0 Å². The summed E-state index contributed by atoms with van der Waals surface area (Å²) in [5.74, 6) is 0. The van der Waals surface area contributed by atoms with Gasteiger partial charge in [0.1, 0.15) is 0 Å². The van der Waals surface area contributed by atoms with E-state index in [1.54, 1.807) is 11.3 Å². The average molecular weight is 228 g/mol. The zero-order valence-electron chi connectivity index (χ0n) is 8.81. The summed E-state index contributed by atoms with van der Waals surface area (Å²) >= 11 is 1.65. The second-order valence-corrected chi connectivity index (χ2v) is 4.68. The maximum atomic E-state index is 6.05. The molecule has 2 rings (SSSR count). The predicted octanol–water partition coefficient (Wildman–Crippen LogP) is 0.737. The number of hydrogen-bond acceptors (Lipinski definition) is 5. The highest BCUT2D eigenvalue weighted by molar-refractivity contribution is 7.09. The minimum atomic E-state index is -0.0177. The van der Waals surface area contributed by atoms with Gasteiger partial charge in [-0.05, 0) is 6.92 Å². The number of nitrogens with zero attached hydrogens (tertiary/aromatic N) is 1. The van der Waals surface area contributed by atoms with Crippen molar-refractivity contribution in [3.8, 4) is 0 Å². The Morgan fingerprint density at radius 2 is 2.53 bits per heavy atom. The molecule has 2 heterocycles. The Balaban J connectivity index is 1.88. The Bertz CT molecular complexity index is 310. The van der Waals surface area contributed by atoms with Crippen LogP contribution >= 0.6 is 11.3 Å². The molecule has 0 aromatic carbocycles. The summed E-state index contributed by atoms with van der Waals surface area (Å²) in [4.78, 5) is 4.39. The van der Waals surface area contributed by atoms with Gasteiger partial charge in [0.25, 0.3) is 0 Å². The fourth-order valence-corrected chi connectivity index (χ4v) is 2.43. The topological polar surface area (TPSA) is 57.4 Å². The summed E-state index contributed by atoms with van der Waals surface area (Å²) in [6.07, 6.45) is 0.787. The first-order valence-corrected chi connectivity index (χ1v) is 5.99. The third-order valence-electron chi connectivity index (χ3n) is 2.40. The third kappa shape index (κ3) is 2.98. The summed E-state index contributed by atoms with van der Waals surface area (Å²) in [5, 5.41) is 3.12. The normalized spacial score (nSPS) is 24.0. The number of aromatic nitrogens is 1. The van der Waals surface area contributed by atoms with Crippen LogP contribution < -0.4 is 5.73 Å². The molecule has 0 aliphatic carbocycles. The summed E-state index contributed by atoms with van der Waals surface area (Å²) < 4.78 is 10.9. The average Bonchev–Trinajstić information content (AvgIpc) is 2.65. The zero-order chi connectivity index (χ0) is 10.7. The molecule has 2 N–H and O–H groups in total. The minimum Gasteiger partial charge on any atom is -0.376 e. The molecule has 1 aliphatic heterocycles. The van der Waals surface area contributed by atoms with Crippen LogP contribution in [0, 0.1) is 6.92 Å². The van der Waals surface area contributed by atoms with Crippen molar-refractivity contribution in [2.24, 2.45) is 5.73 Å². The smallest absolute Gasteiger partial charge is 0.0964 e. The minimum absolute atomic E-state index is 0.0166. The van der Waals surface area contributed by atoms with Gasteiger partial charge in [-0.25, -0.2) is 4.98 Å². The summed E-state index contributed by atoms with van der Waals surface area (Å²) in [5.41, 5.74) is 7.11. The lowest BCUT2D eigenvalue weighted by molar-refractivity contribution is -0.0967. The Morgan fingerprint density at radius 1 is 1.67 bits per heavy atom. The highest BCUT2D eigenvalue weighted by Gasteiger charge is 2.22. The molecule has 1 fully saturated rings. The number of nitrogens with two attached hydrogens (primary N) is 1. The number of ether oxygens (including phenoxy) is 2. The van der Waals surface area contributed by atoms with Gasteiger partial charge in [0.05, 0.1) is 30.9 Å². The van der Waals surface area contributed by atoms with Crippen LogP contribution in [0.3, 0.4) is 0 Å². The maximum absolute atomic E-state index is 6.05. The largest absolute Gasteiger partial charge is 0.376 e. The van der Waals surface area contributed by atoms with Crippen molar-refractivity contribution in [3.63, 3.8) is 0 Å². The summed E-state index contributed by atoms with van der Waals surface area (Å²) in [7, 11) is 0. The first kappa shape index (κ1) is 11.0. The lowest BCUT2D eigenvalue weighted by Crippen LogP contribution is -2.44. The molecule has 84 valence electrons. The van der Waals surface area contributed by atoms with Crippen LogP contribution in [0.2, 0.25) is 0 Å². The number of thiazole rings is 1. The van der Waals surface area contributed by atoms with Crippen LogP contribution in [0.15, 0.2) is 5.38 Å². The first-order valence-electron chi connectivity index (χ1n) is 5.11. The molecule has 0 amide bonds. The third-order valence-corrected chi connectivity index (χ3v) is 3.39. The molecule has 0 saturated carbocycles. The van der Waals surface area contributed by atoms with Crippen LogP contribution in [0.5, 0.6) is 0 Å². The monoisotopic (exact) mass is 228 g/mol. The quantitative estimate of drug-likeness (QED) is 0.829. The van der Waals surface area contributed by atoms with Gasteiger partial charge in [0.15, 0.2) is 0 Å². The van der Waals surface area contributed by atoms with E-state index in [1.165, 1.54) is 0 Å². The maximum Gasteiger partial charge on any atom is 0.0964 e. The van der Waals surface area contributed by atoms with E-state index in [9.17, 15) is 0 Å². The van der Waals surface area contributed by atoms with E-state index in [0.717, 1.165) is 17.1 Å². The molecule has 1 saturated heterocycles. The molecular formula is C10H16N2O2S. The molecule has 0 radical (unpaired) electrons. The predicted molar refractivity (Wildman–Crippen MR) is 59.1 cm³/mol. The number of hydrogen-bond donors (Lipinski definition) is 1. The van der Waals surface area contributed by atoms with Gasteiger partial charge < -0.3 is 15.2 Å². The Morgan fingerprint density at radius 3 is 3.13 bits per heavy atom. The molecule has 0 bridgehead atoms. The lowest BCUT2D eigenvalue weighted by Gasteiger charge is -2.27. The highest BCUT2D eigenvalue weighted by Crippen LogP contribution is 2.14. The van der Waals surface area contributed by atoms with Crippen LogP contribution in [0.25, 0.3) is 0 Å². The number of aryl methyl sites for hydroxylation is 1. The van der Waals surface area contributed by atoms with E-state index >= 15 is 0 Å². The Kier molecular flexibility index (Phi) is 3.69. The molecule has 5 heteroatoms. The second-order valence-electron chi connectivity index (χ2n) is 3.73. The highest BCUT2D eigenvalue weighted by atomic mass is 32.1. The van der Waals surface area contributed by atoms with Crippen molar-refractivity contribution in [1.29, 1.82) is 0 Å². The standard InChI is InChI=1S/C10H16N2O2S/c1-7-6-15-10(12-7)4-8(11)9-5-13-2-3-14-9/h6,8-9H,2-5,11H2,1H3. The van der Waals surface area contributed by atoms with Gasteiger partial charge in [-0.3, -0.25) is 0 Å². The summed E-state index contributed by atoms with van der Waals surface area (Å²) in [6, 6.07) is -0.0177. The SMILES string of the molecule is Cc1csc(CC(N)C2COCCO2)n1. The van der Waals surface area contributed by atoms with Crippen LogP contribution in [0.4, 0.5) is 0 Å². The fraction of sp³-hybridized carbons (Fsp3) is 0.700. The lowest BCUT2D eigenvalue weighted by atomic mass is 10.1. The van der Waals surface area contributed by atoms with Gasteiger partial charge in [-0.15, -0.1) is 11.3 Å². The molecular weight excluding hydrogens is 212 g/mol. The number of rotatable bonds is 3. The van der Waals surface area contributed by atoms with Gasteiger partial charge in [-0.1, -0.05) is 0 Å². The molecule has 2 atom stereocenters. The molecule has 1 aromatic rings. The van der Waals surface area contributed by atoms with E-state index in [0.29, 0.717) is 19.8 Å². The van der Waals surface area contributed by atoms with Crippen LogP contribution in [0.1, 0.15) is 10.7 Å². The fourth-order valence-electron chi connectivity index (χ4n) is 1.58. The van der Waals surface area contributed by atoms with E-state index in [2.05, 4.69) is 4.98 Å². The Labute approximate surface area is 93.4 Å². The van der Waals surface area contributed by atoms with E-state index in [1.807, 2.05) is 12.3 Å². The van der Waals surface area contributed by atoms with Crippen molar-refractivity contribution < 1.29 is 9.47 Å². The van der Waals surface area contributed by atoms with E-state index < -0.39 is 0 Å². The molecule has 2 unspecified atom stereocenters. The van der Waals surface area contributed by atoms with Crippen molar-refractivity contribution in [2.45, 2.75) is 25.5 Å². The van der Waals surface area contributed by atoms with Crippen LogP contribution in [-0.2, 0) is 15.9 Å². The Hall–Kier alpha value is -0.490. The van der Waals surface area contributed by atoms with E-state index in [-0.39, 0.29) is 12.1 Å². The summed E-state index contributed by atoms with van der Waals surface area (Å²) in [6.45, 7) is 3.92. The molecule has 1 aliphatic rings. The van der Waals surface area contributed by atoms with Gasteiger partial charge in [0.2, 0.25) is 0 Å². The molecule has 15 heavy (non-hydrogen) atoms. The molecule has 0 spiro atoms. The van der Waals surface area contributed by atoms with Crippen molar-refractivity contribution in [2.75, 3.05) is 19.8 Å². The van der Waals surface area contributed by atoms with Gasteiger partial charge in [0, 0.05) is 23.5 Å². The van der Waals surface area contributed by atoms with Gasteiger partial charge >= 0.3 is 0 Å². The van der Waals surface area contributed by atoms with Crippen molar-refractivity contribution in [1.82, 2.24) is 4.98 Å². The van der Waals surface area contributed by atoms with E-state index in [4.69, 9.17) is 15.2 Å². The molecule has 4 nitrogen and oxygen atoms in total. The second kappa shape index (κ2) is 5.03. The van der Waals surface area contributed by atoms with Gasteiger partial charge in [-0.2, -0.15) is 0 Å². The first-order chi connectivity index (χ1) is 7.25.